The van der Waals surface area contributed by atoms with E-state index in [1.54, 1.807) is 12.1 Å². The van der Waals surface area contributed by atoms with Crippen molar-refractivity contribution in [3.63, 3.8) is 0 Å². The van der Waals surface area contributed by atoms with Crippen LogP contribution in [0.15, 0.2) is 24.3 Å². The van der Waals surface area contributed by atoms with Gasteiger partial charge in [-0.15, -0.1) is 11.3 Å². The average Bonchev–Trinajstić information content (AvgIpc) is 2.69. The van der Waals surface area contributed by atoms with E-state index < -0.39 is 0 Å². The van der Waals surface area contributed by atoms with Crippen LogP contribution >= 0.6 is 11.3 Å². The van der Waals surface area contributed by atoms with E-state index in [9.17, 15) is 9.18 Å². The summed E-state index contributed by atoms with van der Waals surface area (Å²) < 4.78 is 13.7. The Labute approximate surface area is 96.0 Å². The van der Waals surface area contributed by atoms with Gasteiger partial charge in [-0.25, -0.2) is 9.45 Å². The van der Waals surface area contributed by atoms with E-state index in [2.05, 4.69) is 0 Å². The number of nitrogens with zero attached hydrogens (tertiary/aromatic N) is 1. The van der Waals surface area contributed by atoms with Gasteiger partial charge in [-0.1, -0.05) is 6.07 Å². The Morgan fingerprint density at radius 1 is 1.44 bits per heavy atom. The van der Waals surface area contributed by atoms with Crippen molar-refractivity contribution < 1.29 is 14.0 Å². The van der Waals surface area contributed by atoms with Crippen LogP contribution in [0.4, 0.5) is 4.39 Å². The van der Waals surface area contributed by atoms with Crippen molar-refractivity contribution in [1.29, 1.82) is 0 Å². The smallest absolute Gasteiger partial charge is 0.274 e. The third-order valence-corrected chi connectivity index (χ3v) is 3.34. The number of hydrogen-bond acceptors (Lipinski definition) is 3. The number of rotatable bonds is 2. The molecular formula is C11H10FNO2S. The molecule has 0 spiro atoms. The third kappa shape index (κ3) is 1.91. The van der Waals surface area contributed by atoms with Gasteiger partial charge in [0.15, 0.2) is 0 Å². The van der Waals surface area contributed by atoms with Crippen LogP contribution in [0.25, 0.3) is 10.1 Å². The number of halogens is 1. The molecule has 0 aliphatic carbocycles. The van der Waals surface area contributed by atoms with Gasteiger partial charge in [-0.2, -0.15) is 0 Å². The number of amides is 1. The predicted octanol–water partition coefficient (Wildman–Crippen LogP) is 2.67. The number of carbonyl (C=O) groups excluding carboxylic acids is 1. The lowest BCUT2D eigenvalue weighted by molar-refractivity contribution is -0.0753. The zero-order valence-electron chi connectivity index (χ0n) is 8.86. The van der Waals surface area contributed by atoms with E-state index in [1.807, 2.05) is 0 Å². The topological polar surface area (TPSA) is 29.5 Å². The molecule has 0 fully saturated rings. The summed E-state index contributed by atoms with van der Waals surface area (Å²) in [7, 11) is 2.96. The Balaban J connectivity index is 2.43. The Bertz CT molecular complexity index is 538. The maximum atomic E-state index is 13.0. The molecule has 1 heterocycles. The van der Waals surface area contributed by atoms with Crippen LogP contribution in [0, 0.1) is 5.82 Å². The highest BCUT2D eigenvalue weighted by Gasteiger charge is 2.14. The van der Waals surface area contributed by atoms with E-state index in [1.165, 1.54) is 37.6 Å². The average molecular weight is 239 g/mol. The molecular weight excluding hydrogens is 229 g/mol. The van der Waals surface area contributed by atoms with Crippen LogP contribution in [0.2, 0.25) is 0 Å². The summed E-state index contributed by atoms with van der Waals surface area (Å²) in [6.45, 7) is 0. The van der Waals surface area contributed by atoms with Gasteiger partial charge in [0.1, 0.15) is 5.82 Å². The number of hydroxylamine groups is 2. The first-order valence-corrected chi connectivity index (χ1v) is 5.44. The quantitative estimate of drug-likeness (QED) is 0.754. The molecule has 2 rings (SSSR count). The highest BCUT2D eigenvalue weighted by atomic mass is 32.1. The summed E-state index contributed by atoms with van der Waals surface area (Å²) >= 11 is 1.25. The fourth-order valence-corrected chi connectivity index (χ4v) is 2.40. The lowest BCUT2D eigenvalue weighted by atomic mass is 10.2. The summed E-state index contributed by atoms with van der Waals surface area (Å²) in [6, 6.07) is 6.19. The second kappa shape index (κ2) is 4.19. The molecule has 5 heteroatoms. The van der Waals surface area contributed by atoms with Crippen molar-refractivity contribution in [2.24, 2.45) is 0 Å². The van der Waals surface area contributed by atoms with E-state index in [0.29, 0.717) is 4.88 Å². The summed E-state index contributed by atoms with van der Waals surface area (Å²) in [6.07, 6.45) is 0. The Hall–Kier alpha value is -1.46. The van der Waals surface area contributed by atoms with Gasteiger partial charge in [0.05, 0.1) is 12.0 Å². The van der Waals surface area contributed by atoms with Crippen molar-refractivity contribution in [3.05, 3.63) is 35.0 Å². The highest BCUT2D eigenvalue weighted by molar-refractivity contribution is 7.20. The minimum Gasteiger partial charge on any atom is -0.274 e. The van der Waals surface area contributed by atoms with Gasteiger partial charge >= 0.3 is 0 Å². The van der Waals surface area contributed by atoms with E-state index in [-0.39, 0.29) is 11.7 Å². The molecule has 0 radical (unpaired) electrons. The molecule has 0 aliphatic rings. The fourth-order valence-electron chi connectivity index (χ4n) is 1.35. The van der Waals surface area contributed by atoms with Crippen LogP contribution in [-0.4, -0.2) is 25.1 Å². The number of fused-ring (bicyclic) bond motifs is 1. The van der Waals surface area contributed by atoms with Gasteiger partial charge in [0.25, 0.3) is 5.91 Å². The van der Waals surface area contributed by atoms with Gasteiger partial charge in [-0.05, 0) is 23.6 Å². The second-order valence-electron chi connectivity index (χ2n) is 3.28. The fraction of sp³-hybridized carbons (Fsp3) is 0.182. The second-order valence-corrected chi connectivity index (χ2v) is 4.36. The van der Waals surface area contributed by atoms with Crippen molar-refractivity contribution in [2.45, 2.75) is 0 Å². The summed E-state index contributed by atoms with van der Waals surface area (Å²) in [5.41, 5.74) is 0. The van der Waals surface area contributed by atoms with Crippen LogP contribution < -0.4 is 0 Å². The van der Waals surface area contributed by atoms with Crippen molar-refractivity contribution in [2.75, 3.05) is 14.2 Å². The Morgan fingerprint density at radius 2 is 2.19 bits per heavy atom. The zero-order valence-corrected chi connectivity index (χ0v) is 9.68. The first-order chi connectivity index (χ1) is 7.61. The molecule has 0 unspecified atom stereocenters. The van der Waals surface area contributed by atoms with E-state index in [4.69, 9.17) is 4.84 Å². The normalized spacial score (nSPS) is 10.7. The molecule has 1 aromatic heterocycles. The van der Waals surface area contributed by atoms with Crippen LogP contribution in [0.3, 0.4) is 0 Å². The SMILES string of the molecule is CON(C)C(=O)c1cc2ccc(F)cc2s1. The minimum atomic E-state index is -0.298. The molecule has 0 aliphatic heterocycles. The van der Waals surface area contributed by atoms with Gasteiger partial charge in [-0.3, -0.25) is 9.63 Å². The Kier molecular flexibility index (Phi) is 2.89. The summed E-state index contributed by atoms with van der Waals surface area (Å²) in [5, 5.41) is 2.00. The lowest BCUT2D eigenvalue weighted by Crippen LogP contribution is -2.24. The molecule has 0 saturated carbocycles. The summed E-state index contributed by atoms with van der Waals surface area (Å²) in [4.78, 5) is 17.1. The maximum Gasteiger partial charge on any atom is 0.287 e. The van der Waals surface area contributed by atoms with Crippen molar-refractivity contribution >= 4 is 27.3 Å². The molecule has 0 bridgehead atoms. The number of benzene rings is 1. The monoisotopic (exact) mass is 239 g/mol. The lowest BCUT2D eigenvalue weighted by Gasteiger charge is -2.11. The molecule has 1 aromatic carbocycles. The van der Waals surface area contributed by atoms with Crippen LogP contribution in [-0.2, 0) is 4.84 Å². The van der Waals surface area contributed by atoms with E-state index >= 15 is 0 Å². The zero-order chi connectivity index (χ0) is 11.7. The first-order valence-electron chi connectivity index (χ1n) is 4.63. The molecule has 84 valence electrons. The predicted molar refractivity (Wildman–Crippen MR) is 60.9 cm³/mol. The van der Waals surface area contributed by atoms with Gasteiger partial charge < -0.3 is 0 Å². The molecule has 0 atom stereocenters. The molecule has 2 aromatic rings. The van der Waals surface area contributed by atoms with Crippen LogP contribution in [0.1, 0.15) is 9.67 Å². The standard InChI is InChI=1S/C11H10FNO2S/c1-13(15-2)11(14)10-5-7-3-4-8(12)6-9(7)16-10/h3-6H,1-2H3. The molecule has 0 N–H and O–H groups in total. The number of thiophene rings is 1. The highest BCUT2D eigenvalue weighted by Crippen LogP contribution is 2.27. The van der Waals surface area contributed by atoms with Crippen molar-refractivity contribution in [3.8, 4) is 0 Å². The van der Waals surface area contributed by atoms with Crippen molar-refractivity contribution in [1.82, 2.24) is 5.06 Å². The number of carbonyl (C=O) groups is 1. The molecule has 3 nitrogen and oxygen atoms in total. The number of hydrogen-bond donors (Lipinski definition) is 0. The molecule has 16 heavy (non-hydrogen) atoms. The minimum absolute atomic E-state index is 0.232. The van der Waals surface area contributed by atoms with E-state index in [0.717, 1.165) is 15.1 Å². The largest absolute Gasteiger partial charge is 0.287 e. The van der Waals surface area contributed by atoms with Gasteiger partial charge in [0, 0.05) is 11.7 Å². The summed E-state index contributed by atoms with van der Waals surface area (Å²) in [5.74, 6) is -0.530. The first kappa shape index (κ1) is 11.0. The van der Waals surface area contributed by atoms with Gasteiger partial charge in [0.2, 0.25) is 0 Å². The Morgan fingerprint density at radius 3 is 2.88 bits per heavy atom. The van der Waals surface area contributed by atoms with Crippen LogP contribution in [0.5, 0.6) is 0 Å². The molecule has 0 saturated heterocycles. The maximum absolute atomic E-state index is 13.0. The molecule has 1 amide bonds. The third-order valence-electron chi connectivity index (χ3n) is 2.25.